The molecule has 0 aliphatic carbocycles. The minimum absolute atomic E-state index is 0.0135. The van der Waals surface area contributed by atoms with Crippen LogP contribution in [-0.2, 0) is 5.41 Å². The third-order valence-electron chi connectivity index (χ3n) is 8.24. The van der Waals surface area contributed by atoms with Crippen molar-refractivity contribution < 1.29 is 32.3 Å². The number of carbonyl (C=O) groups is 4. The van der Waals surface area contributed by atoms with Crippen molar-refractivity contribution in [1.82, 2.24) is 0 Å². The summed E-state index contributed by atoms with van der Waals surface area (Å²) < 4.78 is 45.1. The van der Waals surface area contributed by atoms with Crippen LogP contribution in [0.25, 0.3) is 0 Å². The van der Waals surface area contributed by atoms with Gasteiger partial charge in [0.1, 0.15) is 5.41 Å². The standard InChI is InChI=1S/C33H21Cl2F3N2O4/c1-16-4-10-26(17(2)12-16)39-28(41)21-8-5-18(13-23(21)30(39)43)32(3,33(36,37)38)19-6-9-22-24(14-19)31(44)40(29(22)42)27-11-7-20(34)15-25(27)35/h4-15H,1-3H3. The Morgan fingerprint density at radius 1 is 0.591 bits per heavy atom. The van der Waals surface area contributed by atoms with Crippen molar-refractivity contribution >= 4 is 58.2 Å². The summed E-state index contributed by atoms with van der Waals surface area (Å²) in [5.74, 6) is -2.98. The number of halogens is 5. The van der Waals surface area contributed by atoms with Gasteiger partial charge >= 0.3 is 6.18 Å². The molecule has 0 N–H and O–H groups in total. The molecule has 4 aromatic carbocycles. The van der Waals surface area contributed by atoms with Gasteiger partial charge < -0.3 is 0 Å². The molecular formula is C33H21Cl2F3N2O4. The van der Waals surface area contributed by atoms with Crippen LogP contribution in [0.15, 0.2) is 72.8 Å². The van der Waals surface area contributed by atoms with Crippen LogP contribution in [0.3, 0.4) is 0 Å². The molecule has 4 aromatic rings. The Kier molecular flexibility index (Phi) is 6.75. The number of carbonyl (C=O) groups excluding carboxylic acids is 4. The van der Waals surface area contributed by atoms with Crippen LogP contribution >= 0.6 is 23.2 Å². The molecule has 0 saturated heterocycles. The van der Waals surface area contributed by atoms with Gasteiger partial charge in [0.2, 0.25) is 0 Å². The number of amides is 4. The molecule has 2 aliphatic heterocycles. The second-order valence-corrected chi connectivity index (χ2v) is 11.8. The number of imide groups is 2. The monoisotopic (exact) mass is 636 g/mol. The molecule has 44 heavy (non-hydrogen) atoms. The van der Waals surface area contributed by atoms with Gasteiger partial charge in [0.25, 0.3) is 23.6 Å². The molecule has 11 heteroatoms. The molecule has 4 amide bonds. The Bertz CT molecular complexity index is 1840. The van der Waals surface area contributed by atoms with Gasteiger partial charge in [-0.3, -0.25) is 19.2 Å². The van der Waals surface area contributed by atoms with Gasteiger partial charge in [0.05, 0.1) is 38.7 Å². The number of benzene rings is 4. The highest BCUT2D eigenvalue weighted by Gasteiger charge is 2.55. The van der Waals surface area contributed by atoms with E-state index in [4.69, 9.17) is 23.2 Å². The maximum Gasteiger partial charge on any atom is 0.402 e. The van der Waals surface area contributed by atoms with Crippen LogP contribution < -0.4 is 9.80 Å². The van der Waals surface area contributed by atoms with E-state index in [1.807, 2.05) is 6.92 Å². The molecule has 1 unspecified atom stereocenters. The lowest BCUT2D eigenvalue weighted by atomic mass is 9.74. The van der Waals surface area contributed by atoms with E-state index >= 15 is 13.2 Å². The summed E-state index contributed by atoms with van der Waals surface area (Å²) in [6.07, 6.45) is -4.92. The smallest absolute Gasteiger partial charge is 0.268 e. The van der Waals surface area contributed by atoms with Gasteiger partial charge in [0, 0.05) is 5.02 Å². The van der Waals surface area contributed by atoms with Crippen molar-refractivity contribution in [2.24, 2.45) is 0 Å². The van der Waals surface area contributed by atoms with Crippen LogP contribution in [0.5, 0.6) is 0 Å². The predicted molar refractivity (Wildman–Crippen MR) is 160 cm³/mol. The fourth-order valence-corrected chi connectivity index (χ4v) is 6.25. The molecular weight excluding hydrogens is 616 g/mol. The normalized spacial score (nSPS) is 16.0. The van der Waals surface area contributed by atoms with Crippen LogP contribution in [0, 0.1) is 13.8 Å². The van der Waals surface area contributed by atoms with Crippen molar-refractivity contribution in [3.63, 3.8) is 0 Å². The van der Waals surface area contributed by atoms with Crippen LogP contribution in [0.4, 0.5) is 24.5 Å². The number of aryl methyl sites for hydroxylation is 2. The van der Waals surface area contributed by atoms with E-state index < -0.39 is 35.2 Å². The zero-order chi connectivity index (χ0) is 31.9. The Labute approximate surface area is 259 Å². The van der Waals surface area contributed by atoms with E-state index in [1.54, 1.807) is 25.1 Å². The maximum absolute atomic E-state index is 15.0. The van der Waals surface area contributed by atoms with E-state index in [9.17, 15) is 19.2 Å². The van der Waals surface area contributed by atoms with E-state index in [0.717, 1.165) is 46.6 Å². The maximum atomic E-state index is 15.0. The van der Waals surface area contributed by atoms with Crippen LogP contribution in [0.2, 0.25) is 10.0 Å². The highest BCUT2D eigenvalue weighted by molar-refractivity contribution is 6.41. The number of rotatable bonds is 4. The van der Waals surface area contributed by atoms with Crippen molar-refractivity contribution in [3.8, 4) is 0 Å². The number of hydrogen-bond acceptors (Lipinski definition) is 4. The SMILES string of the molecule is Cc1ccc(N2C(=O)c3ccc(C(C)(c4ccc5c(c4)C(=O)N(c4ccc(Cl)cc4Cl)C5=O)C(F)(F)F)cc3C2=O)c(C)c1. The first-order valence-electron chi connectivity index (χ1n) is 13.3. The molecule has 0 radical (unpaired) electrons. The predicted octanol–water partition coefficient (Wildman–Crippen LogP) is 8.08. The Hall–Kier alpha value is -4.47. The molecule has 6 rings (SSSR count). The van der Waals surface area contributed by atoms with Gasteiger partial charge in [-0.05, 0) is 86.0 Å². The molecule has 2 aliphatic rings. The first kappa shape index (κ1) is 29.6. The summed E-state index contributed by atoms with van der Waals surface area (Å²) in [4.78, 5) is 55.1. The molecule has 2 heterocycles. The summed E-state index contributed by atoms with van der Waals surface area (Å²) in [6.45, 7) is 4.52. The van der Waals surface area contributed by atoms with Crippen LogP contribution in [0.1, 0.15) is 70.6 Å². The molecule has 6 nitrogen and oxygen atoms in total. The molecule has 1 atom stereocenters. The van der Waals surface area contributed by atoms with Crippen molar-refractivity contribution in [3.05, 3.63) is 127 Å². The van der Waals surface area contributed by atoms with Gasteiger partial charge in [-0.25, -0.2) is 9.80 Å². The summed E-state index contributed by atoms with van der Waals surface area (Å²) in [5.41, 5.74) is -1.94. The summed E-state index contributed by atoms with van der Waals surface area (Å²) in [7, 11) is 0. The summed E-state index contributed by atoms with van der Waals surface area (Å²) >= 11 is 12.2. The highest BCUT2D eigenvalue weighted by Crippen LogP contribution is 2.48. The Morgan fingerprint density at radius 2 is 1.07 bits per heavy atom. The van der Waals surface area contributed by atoms with Gasteiger partial charge in [0.15, 0.2) is 0 Å². The molecule has 0 fully saturated rings. The van der Waals surface area contributed by atoms with E-state index in [1.165, 1.54) is 30.3 Å². The lowest BCUT2D eigenvalue weighted by molar-refractivity contribution is -0.173. The molecule has 0 saturated carbocycles. The fourth-order valence-electron chi connectivity index (χ4n) is 5.75. The van der Waals surface area contributed by atoms with Crippen molar-refractivity contribution in [1.29, 1.82) is 0 Å². The van der Waals surface area contributed by atoms with Crippen LogP contribution in [-0.4, -0.2) is 29.8 Å². The summed E-state index contributed by atoms with van der Waals surface area (Å²) in [6, 6.07) is 16.1. The van der Waals surface area contributed by atoms with Gasteiger partial charge in [-0.2, -0.15) is 13.2 Å². The zero-order valence-corrected chi connectivity index (χ0v) is 24.9. The van der Waals surface area contributed by atoms with Gasteiger partial charge in [-0.15, -0.1) is 0 Å². The molecule has 0 aromatic heterocycles. The van der Waals surface area contributed by atoms with E-state index in [0.29, 0.717) is 11.3 Å². The van der Waals surface area contributed by atoms with Crippen molar-refractivity contribution in [2.45, 2.75) is 32.4 Å². The number of fused-ring (bicyclic) bond motifs is 2. The average Bonchev–Trinajstić information content (AvgIpc) is 3.36. The first-order chi connectivity index (χ1) is 20.6. The lowest BCUT2D eigenvalue weighted by Crippen LogP contribution is -2.41. The molecule has 0 bridgehead atoms. The zero-order valence-electron chi connectivity index (χ0n) is 23.3. The topological polar surface area (TPSA) is 74.8 Å². The fraction of sp³-hybridized carbons (Fsp3) is 0.152. The largest absolute Gasteiger partial charge is 0.402 e. The average molecular weight is 637 g/mol. The van der Waals surface area contributed by atoms with Crippen molar-refractivity contribution in [2.75, 3.05) is 9.80 Å². The lowest BCUT2D eigenvalue weighted by Gasteiger charge is -2.33. The molecule has 0 spiro atoms. The minimum atomic E-state index is -4.92. The number of anilines is 2. The van der Waals surface area contributed by atoms with Gasteiger partial charge in [-0.1, -0.05) is 53.0 Å². The minimum Gasteiger partial charge on any atom is -0.268 e. The Balaban J connectivity index is 1.44. The van der Waals surface area contributed by atoms with E-state index in [-0.39, 0.29) is 49.1 Å². The first-order valence-corrected chi connectivity index (χ1v) is 14.1. The third-order valence-corrected chi connectivity index (χ3v) is 8.78. The Morgan fingerprint density at radius 3 is 1.55 bits per heavy atom. The number of alkyl halides is 3. The van der Waals surface area contributed by atoms with E-state index in [2.05, 4.69) is 0 Å². The highest BCUT2D eigenvalue weighted by atomic mass is 35.5. The third kappa shape index (κ3) is 4.25. The summed E-state index contributed by atoms with van der Waals surface area (Å²) in [5, 5.41) is 0.282. The molecule has 222 valence electrons. The number of nitrogens with zero attached hydrogens (tertiary/aromatic N) is 2. The second kappa shape index (κ2) is 10.0. The second-order valence-electron chi connectivity index (χ2n) is 10.9. The number of hydrogen-bond donors (Lipinski definition) is 0. The quantitative estimate of drug-likeness (QED) is 0.212.